The summed E-state index contributed by atoms with van der Waals surface area (Å²) < 4.78 is 1.67. The Morgan fingerprint density at radius 2 is 2.04 bits per heavy atom. The van der Waals surface area contributed by atoms with Gasteiger partial charge in [-0.25, -0.2) is 4.99 Å². The predicted octanol–water partition coefficient (Wildman–Crippen LogP) is -0.653. The Balaban J connectivity index is 1.81. The number of hydrogen-bond donors (Lipinski definition) is 3. The molecule has 1 saturated heterocycles. The highest BCUT2D eigenvalue weighted by molar-refractivity contribution is 5.79. The minimum absolute atomic E-state index is 0.148. The first kappa shape index (κ1) is 21.2. The van der Waals surface area contributed by atoms with Crippen molar-refractivity contribution < 1.29 is 9.90 Å². The van der Waals surface area contributed by atoms with Crippen molar-refractivity contribution in [3.8, 4) is 0 Å². The first-order valence-electron chi connectivity index (χ1n) is 9.53. The van der Waals surface area contributed by atoms with E-state index in [1.165, 1.54) is 0 Å². The zero-order chi connectivity index (χ0) is 19.9. The Morgan fingerprint density at radius 1 is 1.33 bits per heavy atom. The number of amides is 1. The lowest BCUT2D eigenvalue weighted by molar-refractivity contribution is -0.130. The lowest BCUT2D eigenvalue weighted by Gasteiger charge is -2.34. The Labute approximate surface area is 161 Å². The molecule has 1 aromatic heterocycles. The lowest BCUT2D eigenvalue weighted by atomic mass is 10.0. The summed E-state index contributed by atoms with van der Waals surface area (Å²) in [5, 5.41) is 21.3. The summed E-state index contributed by atoms with van der Waals surface area (Å²) in [7, 11) is 1.82. The van der Waals surface area contributed by atoms with Gasteiger partial charge in [-0.2, -0.15) is 5.10 Å². The Hall–Kier alpha value is -2.13. The van der Waals surface area contributed by atoms with Gasteiger partial charge in [0.05, 0.1) is 12.7 Å². The molecule has 27 heavy (non-hydrogen) atoms. The number of aromatic nitrogens is 2. The van der Waals surface area contributed by atoms with Crippen LogP contribution in [0.15, 0.2) is 17.4 Å². The molecule has 1 atom stereocenters. The van der Waals surface area contributed by atoms with Crippen molar-refractivity contribution in [3.63, 3.8) is 0 Å². The number of aliphatic imine (C=N–C) groups is 1. The summed E-state index contributed by atoms with van der Waals surface area (Å²) in [4.78, 5) is 20.1. The molecule has 0 aliphatic carbocycles. The second kappa shape index (κ2) is 9.70. The fourth-order valence-electron chi connectivity index (χ4n) is 2.98. The van der Waals surface area contributed by atoms with Gasteiger partial charge in [0.25, 0.3) is 0 Å². The van der Waals surface area contributed by atoms with Crippen LogP contribution in [0.25, 0.3) is 0 Å². The summed E-state index contributed by atoms with van der Waals surface area (Å²) in [6.07, 6.45) is 3.47. The third-order valence-corrected chi connectivity index (χ3v) is 4.75. The molecule has 2 rings (SSSR count). The Morgan fingerprint density at radius 3 is 2.59 bits per heavy atom. The normalized spacial score (nSPS) is 18.3. The van der Waals surface area contributed by atoms with Gasteiger partial charge in [0.1, 0.15) is 5.60 Å². The van der Waals surface area contributed by atoms with Gasteiger partial charge in [-0.3, -0.25) is 14.4 Å². The predicted molar refractivity (Wildman–Crippen MR) is 105 cm³/mol. The molecule has 152 valence electrons. The number of aryl methyl sites for hydroxylation is 1. The quantitative estimate of drug-likeness (QED) is 0.430. The molecule has 2 heterocycles. The van der Waals surface area contributed by atoms with Gasteiger partial charge >= 0.3 is 0 Å². The van der Waals surface area contributed by atoms with Crippen molar-refractivity contribution in [2.75, 3.05) is 52.4 Å². The monoisotopic (exact) mass is 379 g/mol. The molecule has 9 nitrogen and oxygen atoms in total. The van der Waals surface area contributed by atoms with Crippen LogP contribution < -0.4 is 10.6 Å². The average molecular weight is 380 g/mol. The largest absolute Gasteiger partial charge is 0.383 e. The van der Waals surface area contributed by atoms with Crippen molar-refractivity contribution in [2.24, 2.45) is 12.0 Å². The second-order valence-corrected chi connectivity index (χ2v) is 7.15. The van der Waals surface area contributed by atoms with E-state index >= 15 is 0 Å². The van der Waals surface area contributed by atoms with E-state index in [4.69, 9.17) is 0 Å². The van der Waals surface area contributed by atoms with Crippen LogP contribution in [0.4, 0.5) is 0 Å². The van der Waals surface area contributed by atoms with Crippen molar-refractivity contribution in [3.05, 3.63) is 18.0 Å². The highest BCUT2D eigenvalue weighted by Gasteiger charge is 2.24. The van der Waals surface area contributed by atoms with Crippen LogP contribution in [-0.4, -0.2) is 88.9 Å². The van der Waals surface area contributed by atoms with Crippen LogP contribution in [0.5, 0.6) is 0 Å². The van der Waals surface area contributed by atoms with Crippen molar-refractivity contribution in [2.45, 2.75) is 26.4 Å². The number of hydrogen-bond acceptors (Lipinski definition) is 5. The number of nitrogens with one attached hydrogen (secondary N) is 2. The van der Waals surface area contributed by atoms with E-state index in [1.54, 1.807) is 30.9 Å². The maximum absolute atomic E-state index is 11.4. The van der Waals surface area contributed by atoms with E-state index < -0.39 is 5.60 Å². The van der Waals surface area contributed by atoms with Crippen molar-refractivity contribution >= 4 is 11.9 Å². The van der Waals surface area contributed by atoms with Crippen LogP contribution in [0, 0.1) is 0 Å². The molecule has 9 heteroatoms. The van der Waals surface area contributed by atoms with E-state index in [1.807, 2.05) is 18.9 Å². The van der Waals surface area contributed by atoms with E-state index in [-0.39, 0.29) is 12.5 Å². The van der Waals surface area contributed by atoms with Gasteiger partial charge in [0.15, 0.2) is 5.96 Å². The minimum Gasteiger partial charge on any atom is -0.383 e. The topological polar surface area (TPSA) is 98.0 Å². The number of rotatable bonds is 7. The van der Waals surface area contributed by atoms with Crippen LogP contribution in [-0.2, 0) is 17.4 Å². The van der Waals surface area contributed by atoms with Crippen LogP contribution in [0.2, 0.25) is 0 Å². The number of aliphatic hydroxyl groups is 1. The molecule has 1 aliphatic rings. The Kier molecular flexibility index (Phi) is 7.61. The van der Waals surface area contributed by atoms with E-state index in [2.05, 4.69) is 25.6 Å². The van der Waals surface area contributed by atoms with Crippen LogP contribution in [0.3, 0.4) is 0 Å². The summed E-state index contributed by atoms with van der Waals surface area (Å²) in [6.45, 7) is 11.4. The summed E-state index contributed by atoms with van der Waals surface area (Å²) in [5.41, 5.74) is -0.326. The SMILES string of the molecule is CCNC(=NCC(C)(O)c1cnn(C)c1)NCCN1CCN(C(C)=O)CC1. The molecule has 0 saturated carbocycles. The molecular weight excluding hydrogens is 346 g/mol. The molecule has 1 aliphatic heterocycles. The first-order valence-corrected chi connectivity index (χ1v) is 9.53. The fraction of sp³-hybridized carbons (Fsp3) is 0.722. The van der Waals surface area contributed by atoms with Gasteiger partial charge in [0, 0.05) is 71.5 Å². The molecule has 1 amide bonds. The number of carbonyl (C=O) groups is 1. The third-order valence-electron chi connectivity index (χ3n) is 4.75. The van der Waals surface area contributed by atoms with Gasteiger partial charge in [0.2, 0.25) is 5.91 Å². The van der Waals surface area contributed by atoms with Gasteiger partial charge < -0.3 is 20.6 Å². The Bertz CT molecular complexity index is 633. The molecule has 0 radical (unpaired) electrons. The highest BCUT2D eigenvalue weighted by atomic mass is 16.3. The number of guanidine groups is 1. The fourth-order valence-corrected chi connectivity index (χ4v) is 2.98. The maximum atomic E-state index is 11.4. The molecule has 0 bridgehead atoms. The summed E-state index contributed by atoms with van der Waals surface area (Å²) >= 11 is 0. The average Bonchev–Trinajstić information content (AvgIpc) is 3.07. The van der Waals surface area contributed by atoms with Crippen LogP contribution >= 0.6 is 0 Å². The molecule has 1 unspecified atom stereocenters. The molecule has 1 aromatic rings. The van der Waals surface area contributed by atoms with E-state index in [9.17, 15) is 9.90 Å². The highest BCUT2D eigenvalue weighted by Crippen LogP contribution is 2.19. The first-order chi connectivity index (χ1) is 12.8. The number of nitrogens with zero attached hydrogens (tertiary/aromatic N) is 5. The summed E-state index contributed by atoms with van der Waals surface area (Å²) in [6, 6.07) is 0. The smallest absolute Gasteiger partial charge is 0.219 e. The van der Waals surface area contributed by atoms with Gasteiger partial charge in [-0.05, 0) is 13.8 Å². The zero-order valence-corrected chi connectivity index (χ0v) is 16.9. The molecular formula is C18H33N7O2. The van der Waals surface area contributed by atoms with Crippen molar-refractivity contribution in [1.82, 2.24) is 30.2 Å². The van der Waals surface area contributed by atoms with Gasteiger partial charge in [-0.1, -0.05) is 0 Å². The standard InChI is InChI=1S/C18H33N7O2/c1-5-19-17(21-14-18(3,27)16-12-22-23(4)13-16)20-6-7-24-8-10-25(11-9-24)15(2)26/h12-13,27H,5-11,14H2,1-4H3,(H2,19,20,21). The molecule has 1 fully saturated rings. The van der Waals surface area contributed by atoms with Crippen molar-refractivity contribution in [1.29, 1.82) is 0 Å². The minimum atomic E-state index is -1.07. The summed E-state index contributed by atoms with van der Waals surface area (Å²) in [5.74, 6) is 0.832. The lowest BCUT2D eigenvalue weighted by Crippen LogP contribution is -2.50. The third kappa shape index (κ3) is 6.51. The zero-order valence-electron chi connectivity index (χ0n) is 16.9. The van der Waals surface area contributed by atoms with E-state index in [0.29, 0.717) is 5.96 Å². The second-order valence-electron chi connectivity index (χ2n) is 7.15. The number of piperazine rings is 1. The van der Waals surface area contributed by atoms with Crippen LogP contribution in [0.1, 0.15) is 26.3 Å². The van der Waals surface area contributed by atoms with Gasteiger partial charge in [-0.15, -0.1) is 0 Å². The number of carbonyl (C=O) groups excluding carboxylic acids is 1. The maximum Gasteiger partial charge on any atom is 0.219 e. The molecule has 0 aromatic carbocycles. The molecule has 3 N–H and O–H groups in total. The molecule has 0 spiro atoms. The van der Waals surface area contributed by atoms with E-state index in [0.717, 1.165) is 51.4 Å².